The second kappa shape index (κ2) is 5.98. The zero-order valence-corrected chi connectivity index (χ0v) is 13.3. The average Bonchev–Trinajstić information content (AvgIpc) is 2.29. The summed E-state index contributed by atoms with van der Waals surface area (Å²) >= 11 is 0. The van der Waals surface area contributed by atoms with Crippen LogP contribution in [0.2, 0.25) is 0 Å². The van der Waals surface area contributed by atoms with Crippen LogP contribution in [0.5, 0.6) is 0 Å². The number of rotatable bonds is 4. The number of benzene rings is 1. The number of hydrogen-bond acceptors (Lipinski definition) is 4. The smallest absolute Gasteiger partial charge is 0.245 e. The summed E-state index contributed by atoms with van der Waals surface area (Å²) in [5.41, 5.74) is 5.03. The number of likely N-dealkylation sites (N-methyl/N-ethyl adjacent to an activating group) is 1. The number of carbonyl (C=O) groups excluding carboxylic acids is 1. The quantitative estimate of drug-likeness (QED) is 0.809. The molecule has 8 heteroatoms. The van der Waals surface area contributed by atoms with Gasteiger partial charge in [0.2, 0.25) is 15.9 Å². The van der Waals surface area contributed by atoms with E-state index in [1.165, 1.54) is 13.1 Å². The predicted octanol–water partition coefficient (Wildman–Crippen LogP) is 0.943. The summed E-state index contributed by atoms with van der Waals surface area (Å²) in [7, 11) is -2.80. The topological polar surface area (TPSA) is 92.5 Å². The summed E-state index contributed by atoms with van der Waals surface area (Å²) < 4.78 is 38.7. The maximum absolute atomic E-state index is 13.2. The Bertz CT molecular complexity index is 639. The Morgan fingerprint density at radius 2 is 1.95 bits per heavy atom. The molecule has 6 nitrogen and oxygen atoms in total. The van der Waals surface area contributed by atoms with E-state index in [4.69, 9.17) is 5.73 Å². The van der Waals surface area contributed by atoms with Gasteiger partial charge in [-0.25, -0.2) is 12.8 Å². The number of carbonyl (C=O) groups is 1. The van der Waals surface area contributed by atoms with Crippen molar-refractivity contribution in [3.8, 4) is 0 Å². The summed E-state index contributed by atoms with van der Waals surface area (Å²) in [6.07, 6.45) is 0. The van der Waals surface area contributed by atoms with E-state index in [0.29, 0.717) is 0 Å². The molecule has 0 aliphatic rings. The molecule has 1 aromatic rings. The minimum absolute atomic E-state index is 0.0699. The lowest BCUT2D eigenvalue weighted by Gasteiger charge is -2.23. The number of nitrogen functional groups attached to an aromatic ring is 1. The molecule has 0 radical (unpaired) electrons. The first-order valence-electron chi connectivity index (χ1n) is 6.26. The van der Waals surface area contributed by atoms with Crippen LogP contribution in [-0.2, 0) is 14.8 Å². The second-order valence-electron chi connectivity index (χ2n) is 5.74. The highest BCUT2D eigenvalue weighted by Gasteiger charge is 2.26. The van der Waals surface area contributed by atoms with E-state index >= 15 is 0 Å². The third-order valence-electron chi connectivity index (χ3n) is 2.54. The van der Waals surface area contributed by atoms with Crippen molar-refractivity contribution in [2.45, 2.75) is 31.2 Å². The van der Waals surface area contributed by atoms with E-state index in [1.54, 1.807) is 20.8 Å². The van der Waals surface area contributed by atoms with Gasteiger partial charge in [0.15, 0.2) is 0 Å². The van der Waals surface area contributed by atoms with Gasteiger partial charge in [-0.3, -0.25) is 4.79 Å². The van der Waals surface area contributed by atoms with Gasteiger partial charge in [0.05, 0.1) is 12.2 Å². The Hall–Kier alpha value is -1.67. The Morgan fingerprint density at radius 3 is 2.48 bits per heavy atom. The van der Waals surface area contributed by atoms with E-state index in [0.717, 1.165) is 16.4 Å². The van der Waals surface area contributed by atoms with Gasteiger partial charge in [-0.1, -0.05) is 0 Å². The van der Waals surface area contributed by atoms with Crippen molar-refractivity contribution < 1.29 is 17.6 Å². The summed E-state index contributed by atoms with van der Waals surface area (Å²) in [4.78, 5) is 11.4. The second-order valence-corrected chi connectivity index (χ2v) is 7.75. The number of sulfonamides is 1. The lowest BCUT2D eigenvalue weighted by atomic mass is 10.1. The fourth-order valence-electron chi connectivity index (χ4n) is 1.64. The molecule has 21 heavy (non-hydrogen) atoms. The molecule has 1 rings (SSSR count). The predicted molar refractivity (Wildman–Crippen MR) is 78.5 cm³/mol. The number of nitrogens with zero attached hydrogens (tertiary/aromatic N) is 1. The van der Waals surface area contributed by atoms with Crippen LogP contribution in [0.3, 0.4) is 0 Å². The fraction of sp³-hybridized carbons (Fsp3) is 0.462. The van der Waals surface area contributed by atoms with Crippen molar-refractivity contribution in [3.63, 3.8) is 0 Å². The number of hydrogen-bond donors (Lipinski definition) is 2. The molecule has 0 spiro atoms. The van der Waals surface area contributed by atoms with Crippen LogP contribution in [0.4, 0.5) is 10.1 Å². The molecule has 0 aromatic heterocycles. The van der Waals surface area contributed by atoms with Crippen LogP contribution in [0, 0.1) is 5.82 Å². The van der Waals surface area contributed by atoms with Crippen molar-refractivity contribution >= 4 is 21.6 Å². The van der Waals surface area contributed by atoms with Gasteiger partial charge < -0.3 is 11.1 Å². The summed E-state index contributed by atoms with van der Waals surface area (Å²) in [5, 5.41) is 2.65. The van der Waals surface area contributed by atoms with Gasteiger partial charge in [-0.05, 0) is 39.0 Å². The van der Waals surface area contributed by atoms with Crippen molar-refractivity contribution in [3.05, 3.63) is 24.0 Å². The SMILES string of the molecule is CN(CC(=O)NC(C)(C)C)S(=O)(=O)c1cc(F)ccc1N. The van der Waals surface area contributed by atoms with Gasteiger partial charge in [-0.2, -0.15) is 4.31 Å². The molecule has 0 heterocycles. The Kier molecular flexibility index (Phi) is 4.95. The Balaban J connectivity index is 2.97. The van der Waals surface area contributed by atoms with Crippen LogP contribution >= 0.6 is 0 Å². The molecule has 1 aromatic carbocycles. The average molecular weight is 317 g/mol. The highest BCUT2D eigenvalue weighted by Crippen LogP contribution is 2.22. The zero-order valence-electron chi connectivity index (χ0n) is 12.5. The summed E-state index contributed by atoms with van der Waals surface area (Å²) in [6.45, 7) is 4.97. The van der Waals surface area contributed by atoms with Crippen LogP contribution in [0.15, 0.2) is 23.1 Å². The standard InChI is InChI=1S/C13H20FN3O3S/c1-13(2,3)16-12(18)8-17(4)21(19,20)11-7-9(14)5-6-10(11)15/h5-7H,8,15H2,1-4H3,(H,16,18). The van der Waals surface area contributed by atoms with E-state index in [2.05, 4.69) is 5.32 Å². The van der Waals surface area contributed by atoms with Crippen LogP contribution in [-0.4, -0.2) is 37.8 Å². The molecule has 0 aliphatic heterocycles. The van der Waals surface area contributed by atoms with E-state index in [-0.39, 0.29) is 17.1 Å². The number of nitrogens with two attached hydrogens (primary N) is 1. The van der Waals surface area contributed by atoms with Crippen molar-refractivity contribution in [2.24, 2.45) is 0 Å². The van der Waals surface area contributed by atoms with Crippen molar-refractivity contribution in [2.75, 3.05) is 19.3 Å². The zero-order chi connectivity index (χ0) is 16.4. The van der Waals surface area contributed by atoms with Gasteiger partial charge in [-0.15, -0.1) is 0 Å². The van der Waals surface area contributed by atoms with Crippen LogP contribution in [0.25, 0.3) is 0 Å². The summed E-state index contributed by atoms with van der Waals surface area (Å²) in [6, 6.07) is 3.08. The van der Waals surface area contributed by atoms with Crippen LogP contribution < -0.4 is 11.1 Å². The van der Waals surface area contributed by atoms with Gasteiger partial charge in [0, 0.05) is 12.6 Å². The van der Waals surface area contributed by atoms with E-state index in [1.807, 2.05) is 0 Å². The molecule has 0 bridgehead atoms. The van der Waals surface area contributed by atoms with E-state index < -0.39 is 27.3 Å². The molecular weight excluding hydrogens is 297 g/mol. The molecule has 3 N–H and O–H groups in total. The number of nitrogens with one attached hydrogen (secondary N) is 1. The van der Waals surface area contributed by atoms with E-state index in [9.17, 15) is 17.6 Å². The minimum Gasteiger partial charge on any atom is -0.398 e. The lowest BCUT2D eigenvalue weighted by molar-refractivity contribution is -0.122. The molecule has 0 unspecified atom stereocenters. The molecular formula is C13H20FN3O3S. The Labute approximate surface area is 124 Å². The van der Waals surface area contributed by atoms with Crippen molar-refractivity contribution in [1.29, 1.82) is 0 Å². The summed E-state index contributed by atoms with van der Waals surface area (Å²) in [5.74, 6) is -1.17. The highest BCUT2D eigenvalue weighted by atomic mass is 32.2. The third kappa shape index (κ3) is 4.68. The van der Waals surface area contributed by atoms with Gasteiger partial charge in [0.1, 0.15) is 10.7 Å². The third-order valence-corrected chi connectivity index (χ3v) is 4.40. The first-order chi connectivity index (χ1) is 9.43. The molecule has 0 aliphatic carbocycles. The fourth-order valence-corrected chi connectivity index (χ4v) is 2.89. The van der Waals surface area contributed by atoms with Gasteiger partial charge >= 0.3 is 0 Å². The lowest BCUT2D eigenvalue weighted by Crippen LogP contribution is -2.46. The number of amides is 1. The molecule has 118 valence electrons. The monoisotopic (exact) mass is 317 g/mol. The molecule has 0 fully saturated rings. The number of anilines is 1. The molecule has 0 saturated carbocycles. The largest absolute Gasteiger partial charge is 0.398 e. The first-order valence-corrected chi connectivity index (χ1v) is 7.70. The van der Waals surface area contributed by atoms with Crippen molar-refractivity contribution in [1.82, 2.24) is 9.62 Å². The highest BCUT2D eigenvalue weighted by molar-refractivity contribution is 7.89. The minimum atomic E-state index is -4.04. The maximum atomic E-state index is 13.2. The number of halogens is 1. The molecule has 1 amide bonds. The molecule has 0 saturated heterocycles. The maximum Gasteiger partial charge on any atom is 0.245 e. The first kappa shape index (κ1) is 17.4. The Morgan fingerprint density at radius 1 is 1.38 bits per heavy atom. The normalized spacial score (nSPS) is 12.5. The van der Waals surface area contributed by atoms with Gasteiger partial charge in [0.25, 0.3) is 0 Å². The molecule has 0 atom stereocenters. The van der Waals surface area contributed by atoms with Crippen LogP contribution in [0.1, 0.15) is 20.8 Å².